The topological polar surface area (TPSA) is 81.1 Å². The average molecular weight is 528 g/mol. The Morgan fingerprint density at radius 1 is 1.03 bits per heavy atom. The first-order chi connectivity index (χ1) is 16.9. The maximum atomic E-state index is 12.5. The molecule has 35 heavy (non-hydrogen) atoms. The molecule has 4 rings (SSSR count). The van der Waals surface area contributed by atoms with E-state index in [1.165, 1.54) is 18.7 Å². The number of unbranched alkanes of at least 4 members (excludes halogenated alkanes) is 1. The van der Waals surface area contributed by atoms with Gasteiger partial charge >= 0.3 is 0 Å². The van der Waals surface area contributed by atoms with Gasteiger partial charge in [-0.25, -0.2) is 0 Å². The molecule has 3 aromatic carbocycles. The number of aromatic nitrogens is 3. The van der Waals surface area contributed by atoms with Crippen molar-refractivity contribution in [2.75, 3.05) is 12.4 Å². The van der Waals surface area contributed by atoms with Crippen molar-refractivity contribution < 1.29 is 9.53 Å². The molecule has 0 unspecified atom stereocenters. The second kappa shape index (κ2) is 11.0. The number of nitrogens with zero attached hydrogens (tertiary/aromatic N) is 3. The third kappa shape index (κ3) is 5.90. The van der Waals surface area contributed by atoms with Crippen LogP contribution in [0.15, 0.2) is 54.6 Å². The van der Waals surface area contributed by atoms with Gasteiger partial charge in [-0.15, -0.1) is 10.2 Å². The number of benzene rings is 3. The van der Waals surface area contributed by atoms with Gasteiger partial charge < -0.3 is 10.1 Å². The van der Waals surface area contributed by atoms with E-state index in [1.54, 1.807) is 29.1 Å². The van der Waals surface area contributed by atoms with Crippen LogP contribution in [0.2, 0.25) is 10.0 Å². The molecule has 4 aromatic rings. The zero-order valence-corrected chi connectivity index (χ0v) is 21.5. The van der Waals surface area contributed by atoms with E-state index in [0.717, 1.165) is 24.9 Å². The van der Waals surface area contributed by atoms with E-state index in [4.69, 9.17) is 40.2 Å². The highest BCUT2D eigenvalue weighted by Crippen LogP contribution is 2.27. The van der Waals surface area contributed by atoms with Crippen molar-refractivity contribution in [1.29, 1.82) is 0 Å². The minimum atomic E-state index is -0.419. The molecule has 1 heterocycles. The number of methoxy groups -OCH3 is 1. The Balaban J connectivity index is 1.47. The Morgan fingerprint density at radius 3 is 2.40 bits per heavy atom. The lowest BCUT2D eigenvalue weighted by atomic mass is 10.1. The number of carbonyl (C=O) groups excluding carboxylic acids is 1. The van der Waals surface area contributed by atoms with Crippen molar-refractivity contribution >= 4 is 63.2 Å². The van der Waals surface area contributed by atoms with Crippen LogP contribution < -0.4 is 15.4 Å². The Bertz CT molecular complexity index is 1390. The van der Waals surface area contributed by atoms with Gasteiger partial charge in [0.2, 0.25) is 0 Å². The smallest absolute Gasteiger partial charge is 0.257 e. The predicted octanol–water partition coefficient (Wildman–Crippen LogP) is 6.21. The summed E-state index contributed by atoms with van der Waals surface area (Å²) < 4.78 is 5.11. The van der Waals surface area contributed by atoms with Crippen LogP contribution in [0.1, 0.15) is 35.7 Å². The molecule has 0 spiro atoms. The van der Waals surface area contributed by atoms with E-state index in [2.05, 4.69) is 39.9 Å². The average Bonchev–Trinajstić information content (AvgIpc) is 3.25. The van der Waals surface area contributed by atoms with Crippen molar-refractivity contribution in [2.45, 2.75) is 26.2 Å². The highest BCUT2D eigenvalue weighted by Gasteiger charge is 2.14. The van der Waals surface area contributed by atoms with Crippen LogP contribution in [0.5, 0.6) is 5.75 Å². The van der Waals surface area contributed by atoms with E-state index < -0.39 is 5.91 Å². The van der Waals surface area contributed by atoms with E-state index in [-0.39, 0.29) is 5.11 Å². The maximum Gasteiger partial charge on any atom is 0.257 e. The van der Waals surface area contributed by atoms with Gasteiger partial charge in [0.1, 0.15) is 16.8 Å². The molecule has 180 valence electrons. The van der Waals surface area contributed by atoms with Gasteiger partial charge in [0.25, 0.3) is 5.91 Å². The third-order valence-corrected chi connectivity index (χ3v) is 6.16. The molecule has 7 nitrogen and oxygen atoms in total. The second-order valence-corrected chi connectivity index (χ2v) is 9.06. The van der Waals surface area contributed by atoms with Crippen LogP contribution in [0, 0.1) is 0 Å². The number of thiocarbonyl (C=S) groups is 1. The fourth-order valence-corrected chi connectivity index (χ4v) is 4.13. The summed E-state index contributed by atoms with van der Waals surface area (Å²) in [7, 11) is 1.50. The van der Waals surface area contributed by atoms with Crippen molar-refractivity contribution in [3.05, 3.63) is 75.8 Å². The highest BCUT2D eigenvalue weighted by atomic mass is 35.5. The number of amides is 1. The monoisotopic (exact) mass is 527 g/mol. The van der Waals surface area contributed by atoms with E-state index in [0.29, 0.717) is 38.1 Å². The fraction of sp³-hybridized carbons (Fsp3) is 0.200. The summed E-state index contributed by atoms with van der Waals surface area (Å²) in [6.07, 6.45) is 3.37. The SMILES string of the molecule is CCCCc1ccc(-n2nc3cc(Cl)c(NC(=S)NC(=O)c4ccc(OC)c(Cl)c4)cc3n2)cc1. The summed E-state index contributed by atoms with van der Waals surface area (Å²) in [4.78, 5) is 14.1. The zero-order chi connectivity index (χ0) is 24.9. The van der Waals surface area contributed by atoms with Gasteiger partial charge in [-0.3, -0.25) is 10.1 Å². The lowest BCUT2D eigenvalue weighted by molar-refractivity contribution is 0.0977. The molecule has 0 saturated heterocycles. The number of nitrogens with one attached hydrogen (secondary N) is 2. The molecular weight excluding hydrogens is 505 g/mol. The molecule has 1 amide bonds. The van der Waals surface area contributed by atoms with Crippen molar-refractivity contribution in [2.24, 2.45) is 0 Å². The molecule has 0 radical (unpaired) electrons. The Labute approximate surface area is 218 Å². The zero-order valence-electron chi connectivity index (χ0n) is 19.1. The van der Waals surface area contributed by atoms with Gasteiger partial charge in [0.05, 0.1) is 28.5 Å². The summed E-state index contributed by atoms with van der Waals surface area (Å²) in [6.45, 7) is 2.18. The quantitative estimate of drug-likeness (QED) is 0.278. The second-order valence-electron chi connectivity index (χ2n) is 7.84. The first-order valence-corrected chi connectivity index (χ1v) is 12.2. The number of hydrogen-bond donors (Lipinski definition) is 2. The summed E-state index contributed by atoms with van der Waals surface area (Å²) >= 11 is 17.8. The van der Waals surface area contributed by atoms with Gasteiger partial charge in [0, 0.05) is 5.56 Å². The summed E-state index contributed by atoms with van der Waals surface area (Å²) in [5.41, 5.74) is 4.24. The number of anilines is 1. The minimum Gasteiger partial charge on any atom is -0.495 e. The Hall–Kier alpha value is -3.20. The number of hydrogen-bond acceptors (Lipinski definition) is 5. The maximum absolute atomic E-state index is 12.5. The molecule has 0 aliphatic heterocycles. The van der Waals surface area contributed by atoms with Gasteiger partial charge in [-0.05, 0) is 73.1 Å². The van der Waals surface area contributed by atoms with Crippen molar-refractivity contribution in [3.63, 3.8) is 0 Å². The van der Waals surface area contributed by atoms with Crippen LogP contribution in [-0.2, 0) is 6.42 Å². The Kier molecular flexibility index (Phi) is 7.85. The normalized spacial score (nSPS) is 10.9. The van der Waals surface area contributed by atoms with Crippen LogP contribution in [0.25, 0.3) is 16.7 Å². The van der Waals surface area contributed by atoms with Crippen LogP contribution in [-0.4, -0.2) is 33.1 Å². The molecule has 0 aliphatic rings. The summed E-state index contributed by atoms with van der Waals surface area (Å²) in [5, 5.41) is 15.5. The minimum absolute atomic E-state index is 0.0817. The predicted molar refractivity (Wildman–Crippen MR) is 144 cm³/mol. The third-order valence-electron chi connectivity index (χ3n) is 5.34. The number of aryl methyl sites for hydroxylation is 1. The number of carbonyl (C=O) groups is 1. The number of fused-ring (bicyclic) bond motifs is 1. The van der Waals surface area contributed by atoms with Crippen molar-refractivity contribution in [1.82, 2.24) is 20.3 Å². The van der Waals surface area contributed by atoms with Crippen LogP contribution in [0.3, 0.4) is 0 Å². The number of rotatable bonds is 7. The van der Waals surface area contributed by atoms with E-state index >= 15 is 0 Å². The lowest BCUT2D eigenvalue weighted by Crippen LogP contribution is -2.34. The number of halogens is 2. The van der Waals surface area contributed by atoms with Crippen LogP contribution >= 0.6 is 35.4 Å². The molecule has 0 aliphatic carbocycles. The molecule has 0 bridgehead atoms. The summed E-state index contributed by atoms with van der Waals surface area (Å²) in [6, 6.07) is 16.3. The first kappa shape index (κ1) is 24.9. The first-order valence-electron chi connectivity index (χ1n) is 11.0. The Morgan fingerprint density at radius 2 is 1.74 bits per heavy atom. The van der Waals surface area contributed by atoms with E-state index in [1.807, 2.05) is 12.1 Å². The van der Waals surface area contributed by atoms with Gasteiger partial charge in [0.15, 0.2) is 5.11 Å². The van der Waals surface area contributed by atoms with Gasteiger partial charge in [-0.2, -0.15) is 4.80 Å². The molecule has 2 N–H and O–H groups in total. The molecule has 0 fully saturated rings. The molecule has 1 aromatic heterocycles. The molecule has 10 heteroatoms. The molecular formula is C25H23Cl2N5O2S. The highest BCUT2D eigenvalue weighted by molar-refractivity contribution is 7.80. The van der Waals surface area contributed by atoms with E-state index in [9.17, 15) is 4.79 Å². The van der Waals surface area contributed by atoms with Gasteiger partial charge in [-0.1, -0.05) is 48.7 Å². The summed E-state index contributed by atoms with van der Waals surface area (Å²) in [5.74, 6) is 0.0575. The molecule has 0 atom stereocenters. The van der Waals surface area contributed by atoms with Crippen LogP contribution in [0.4, 0.5) is 5.69 Å². The lowest BCUT2D eigenvalue weighted by Gasteiger charge is -2.11. The largest absolute Gasteiger partial charge is 0.495 e. The fourth-order valence-electron chi connectivity index (χ4n) is 3.46. The number of ether oxygens (including phenoxy) is 1. The van der Waals surface area contributed by atoms with Crippen molar-refractivity contribution in [3.8, 4) is 11.4 Å². The molecule has 0 saturated carbocycles. The standard InChI is InChI=1S/C25H23Cl2N5O2S/c1-3-4-5-15-6-9-17(10-7-15)32-30-21-13-18(26)20(14-22(21)31-32)28-25(35)29-24(33)16-8-11-23(34-2)19(27)12-16/h6-14H,3-5H2,1-2H3,(H2,28,29,33,35).